The second-order valence-corrected chi connectivity index (χ2v) is 5.76. The first kappa shape index (κ1) is 17.4. The molecule has 0 heterocycles. The van der Waals surface area contributed by atoms with Gasteiger partial charge in [-0.2, -0.15) is 0 Å². The van der Waals surface area contributed by atoms with Crippen LogP contribution in [0.1, 0.15) is 38.5 Å². The highest BCUT2D eigenvalue weighted by atomic mass is 16.5. The van der Waals surface area contributed by atoms with Crippen LogP contribution in [0.5, 0.6) is 11.5 Å². The van der Waals surface area contributed by atoms with Gasteiger partial charge in [0.15, 0.2) is 0 Å². The molecule has 0 unspecified atom stereocenters. The van der Waals surface area contributed by atoms with E-state index in [-0.39, 0.29) is 5.75 Å². The summed E-state index contributed by atoms with van der Waals surface area (Å²) in [5.74, 6) is 1.18. The Bertz CT molecular complexity index is 546. The monoisotopic (exact) mass is 314 g/mol. The highest BCUT2D eigenvalue weighted by Gasteiger charge is 1.99. The van der Waals surface area contributed by atoms with Crippen molar-refractivity contribution < 1.29 is 14.9 Å². The van der Waals surface area contributed by atoms with Crippen molar-refractivity contribution in [2.24, 2.45) is 0 Å². The summed E-state index contributed by atoms with van der Waals surface area (Å²) in [5.41, 5.74) is 2.19. The van der Waals surface area contributed by atoms with Gasteiger partial charge in [0.1, 0.15) is 11.5 Å². The van der Waals surface area contributed by atoms with Gasteiger partial charge in [-0.1, -0.05) is 49.9 Å². The summed E-state index contributed by atoms with van der Waals surface area (Å²) in [7, 11) is 0. The highest BCUT2D eigenvalue weighted by molar-refractivity contribution is 5.64. The zero-order valence-electron chi connectivity index (χ0n) is 13.6. The topological polar surface area (TPSA) is 49.7 Å². The fraction of sp³-hybridized carbons (Fsp3) is 0.400. The van der Waals surface area contributed by atoms with E-state index < -0.39 is 0 Å². The summed E-state index contributed by atoms with van der Waals surface area (Å²) in [6.45, 7) is 1.06. The van der Waals surface area contributed by atoms with Crippen LogP contribution in [-0.2, 0) is 0 Å². The molecule has 124 valence electrons. The Labute approximate surface area is 138 Å². The molecule has 2 N–H and O–H groups in total. The van der Waals surface area contributed by atoms with Crippen LogP contribution in [0, 0.1) is 0 Å². The van der Waals surface area contributed by atoms with Crippen molar-refractivity contribution in [3.63, 3.8) is 0 Å². The number of aliphatic hydroxyl groups excluding tert-OH is 1. The molecule has 23 heavy (non-hydrogen) atoms. The average molecular weight is 314 g/mol. The molecule has 0 atom stereocenters. The van der Waals surface area contributed by atoms with E-state index >= 15 is 0 Å². The van der Waals surface area contributed by atoms with Crippen LogP contribution in [0.3, 0.4) is 0 Å². The summed E-state index contributed by atoms with van der Waals surface area (Å²) < 4.78 is 5.76. The van der Waals surface area contributed by atoms with Crippen molar-refractivity contribution in [2.75, 3.05) is 13.2 Å². The van der Waals surface area contributed by atoms with E-state index in [1.165, 1.54) is 19.3 Å². The van der Waals surface area contributed by atoms with Gasteiger partial charge in [-0.15, -0.1) is 0 Å². The number of phenolic OH excluding ortho intramolecular Hbond substituents is 1. The molecular formula is C20H26O3. The maximum Gasteiger partial charge on any atom is 0.119 e. The maximum absolute atomic E-state index is 9.32. The molecule has 0 bridgehead atoms. The van der Waals surface area contributed by atoms with Crippen molar-refractivity contribution in [3.05, 3.63) is 48.5 Å². The Morgan fingerprint density at radius 1 is 0.652 bits per heavy atom. The molecule has 0 saturated heterocycles. The molecule has 3 heteroatoms. The van der Waals surface area contributed by atoms with Crippen molar-refractivity contribution in [3.8, 4) is 22.6 Å². The van der Waals surface area contributed by atoms with Gasteiger partial charge in [-0.3, -0.25) is 0 Å². The molecule has 0 aliphatic carbocycles. The Morgan fingerprint density at radius 3 is 1.78 bits per heavy atom. The van der Waals surface area contributed by atoms with E-state index in [9.17, 15) is 5.11 Å². The number of hydrogen-bond donors (Lipinski definition) is 2. The zero-order valence-corrected chi connectivity index (χ0v) is 13.6. The molecule has 0 aliphatic rings. The summed E-state index contributed by atoms with van der Waals surface area (Å²) in [6, 6.07) is 15.3. The highest BCUT2D eigenvalue weighted by Crippen LogP contribution is 2.24. The summed E-state index contributed by atoms with van der Waals surface area (Å²) >= 11 is 0. The number of ether oxygens (including phenoxy) is 1. The third kappa shape index (κ3) is 6.33. The molecule has 2 rings (SSSR count). The molecule has 0 aromatic heterocycles. The molecular weight excluding hydrogens is 288 g/mol. The lowest BCUT2D eigenvalue weighted by molar-refractivity contribution is 0.280. The minimum Gasteiger partial charge on any atom is -0.508 e. The lowest BCUT2D eigenvalue weighted by atomic mass is 10.1. The summed E-state index contributed by atoms with van der Waals surface area (Å²) in [5, 5.41) is 18.0. The van der Waals surface area contributed by atoms with Crippen LogP contribution >= 0.6 is 0 Å². The lowest BCUT2D eigenvalue weighted by Gasteiger charge is -2.08. The van der Waals surface area contributed by atoms with Gasteiger partial charge in [0.25, 0.3) is 0 Å². The smallest absolute Gasteiger partial charge is 0.119 e. The third-order valence-corrected chi connectivity index (χ3v) is 3.88. The number of rotatable bonds is 10. The van der Waals surface area contributed by atoms with Crippen LogP contribution in [-0.4, -0.2) is 23.4 Å². The maximum atomic E-state index is 9.32. The number of unbranched alkanes of at least 4 members (excludes halogenated alkanes) is 5. The van der Waals surface area contributed by atoms with Crippen LogP contribution in [0.2, 0.25) is 0 Å². The Kier molecular flexibility index (Phi) is 7.47. The number of aliphatic hydroxyl groups is 1. The van der Waals surface area contributed by atoms with Crippen LogP contribution in [0.15, 0.2) is 48.5 Å². The van der Waals surface area contributed by atoms with Gasteiger partial charge >= 0.3 is 0 Å². The largest absolute Gasteiger partial charge is 0.508 e. The van der Waals surface area contributed by atoms with E-state index in [0.29, 0.717) is 6.61 Å². The molecule has 2 aromatic rings. The Hall–Kier alpha value is -2.00. The minimum atomic E-state index is 0.282. The first-order valence-electron chi connectivity index (χ1n) is 8.43. The molecule has 0 amide bonds. The van der Waals surface area contributed by atoms with Gasteiger partial charge in [-0.05, 0) is 48.2 Å². The van der Waals surface area contributed by atoms with E-state index in [2.05, 4.69) is 0 Å². The standard InChI is InChI=1S/C20H26O3/c21-15-5-3-1-2-4-6-16-23-20-13-9-18(10-14-20)17-7-11-19(22)12-8-17/h7-14,21-22H,1-6,15-16H2. The number of phenols is 1. The first-order valence-corrected chi connectivity index (χ1v) is 8.43. The van der Waals surface area contributed by atoms with E-state index in [4.69, 9.17) is 9.84 Å². The average Bonchev–Trinajstić information content (AvgIpc) is 2.59. The van der Waals surface area contributed by atoms with Crippen molar-refractivity contribution in [2.45, 2.75) is 38.5 Å². The van der Waals surface area contributed by atoms with E-state index in [0.717, 1.165) is 42.7 Å². The van der Waals surface area contributed by atoms with Crippen molar-refractivity contribution >= 4 is 0 Å². The van der Waals surface area contributed by atoms with Gasteiger partial charge in [0.05, 0.1) is 6.61 Å². The van der Waals surface area contributed by atoms with Gasteiger partial charge in [-0.25, -0.2) is 0 Å². The second kappa shape index (κ2) is 9.90. The normalized spacial score (nSPS) is 10.7. The first-order chi connectivity index (χ1) is 11.3. The van der Waals surface area contributed by atoms with Crippen molar-refractivity contribution in [1.29, 1.82) is 0 Å². The fourth-order valence-corrected chi connectivity index (χ4v) is 2.51. The van der Waals surface area contributed by atoms with Gasteiger partial charge in [0, 0.05) is 6.61 Å². The van der Waals surface area contributed by atoms with Gasteiger partial charge < -0.3 is 14.9 Å². The van der Waals surface area contributed by atoms with E-state index in [1.807, 2.05) is 36.4 Å². The van der Waals surface area contributed by atoms with Crippen LogP contribution < -0.4 is 4.74 Å². The Balaban J connectivity index is 1.68. The predicted octanol–water partition coefficient (Wildman–Crippen LogP) is 4.77. The predicted molar refractivity (Wildman–Crippen MR) is 93.8 cm³/mol. The molecule has 0 fully saturated rings. The molecule has 0 radical (unpaired) electrons. The van der Waals surface area contributed by atoms with Crippen LogP contribution in [0.25, 0.3) is 11.1 Å². The lowest BCUT2D eigenvalue weighted by Crippen LogP contribution is -1.97. The fourth-order valence-electron chi connectivity index (χ4n) is 2.51. The molecule has 3 nitrogen and oxygen atoms in total. The zero-order chi connectivity index (χ0) is 16.3. The molecule has 0 saturated carbocycles. The minimum absolute atomic E-state index is 0.282. The molecule has 0 aliphatic heterocycles. The SMILES string of the molecule is OCCCCCCCCOc1ccc(-c2ccc(O)cc2)cc1. The molecule has 0 spiro atoms. The molecule has 2 aromatic carbocycles. The summed E-state index contributed by atoms with van der Waals surface area (Å²) in [4.78, 5) is 0. The quantitative estimate of drug-likeness (QED) is 0.621. The van der Waals surface area contributed by atoms with Gasteiger partial charge in [0.2, 0.25) is 0 Å². The number of benzene rings is 2. The number of aromatic hydroxyl groups is 1. The van der Waals surface area contributed by atoms with E-state index in [1.54, 1.807) is 12.1 Å². The van der Waals surface area contributed by atoms with Crippen LogP contribution in [0.4, 0.5) is 0 Å². The Morgan fingerprint density at radius 2 is 1.17 bits per heavy atom. The summed E-state index contributed by atoms with van der Waals surface area (Å²) in [6.07, 6.45) is 6.70. The second-order valence-electron chi connectivity index (χ2n) is 5.76. The number of hydrogen-bond acceptors (Lipinski definition) is 3. The third-order valence-electron chi connectivity index (χ3n) is 3.88. The van der Waals surface area contributed by atoms with Crippen molar-refractivity contribution in [1.82, 2.24) is 0 Å².